The first-order valence-corrected chi connectivity index (χ1v) is 5.80. The summed E-state index contributed by atoms with van der Waals surface area (Å²) in [4.78, 5) is 0. The third kappa shape index (κ3) is 1.98. The highest BCUT2D eigenvalue weighted by Gasteiger charge is 2.16. The Morgan fingerprint density at radius 1 is 1.31 bits per heavy atom. The molecule has 0 aliphatic heterocycles. The van der Waals surface area contributed by atoms with E-state index in [4.69, 9.17) is 4.74 Å². The molecule has 0 radical (unpaired) electrons. The molecule has 2 nitrogen and oxygen atoms in total. The fourth-order valence-corrected chi connectivity index (χ4v) is 2.24. The minimum absolute atomic E-state index is 0.458. The summed E-state index contributed by atoms with van der Waals surface area (Å²) in [5.41, 5.74) is 4.13. The molecule has 1 aromatic rings. The van der Waals surface area contributed by atoms with E-state index in [0.29, 0.717) is 6.04 Å². The van der Waals surface area contributed by atoms with Crippen LogP contribution in [0.1, 0.15) is 24.5 Å². The highest BCUT2D eigenvalue weighted by atomic mass is 16.5. The van der Waals surface area contributed by atoms with Crippen LogP contribution >= 0.6 is 0 Å². The maximum absolute atomic E-state index is 5.39. The molecule has 0 spiro atoms. The van der Waals surface area contributed by atoms with Crippen LogP contribution in [-0.2, 0) is 6.42 Å². The summed E-state index contributed by atoms with van der Waals surface area (Å²) in [6.07, 6.45) is 4.50. The third-order valence-electron chi connectivity index (χ3n) is 3.38. The Labute approximate surface area is 97.3 Å². The molecule has 1 aliphatic carbocycles. The second-order valence-corrected chi connectivity index (χ2v) is 4.26. The summed E-state index contributed by atoms with van der Waals surface area (Å²) in [6.45, 7) is 2.21. The molecule has 2 rings (SSSR count). The molecule has 16 heavy (non-hydrogen) atoms. The maximum atomic E-state index is 5.39. The summed E-state index contributed by atoms with van der Waals surface area (Å²) in [7, 11) is 3.75. The summed E-state index contributed by atoms with van der Waals surface area (Å²) in [5.74, 6) is 1.02. The van der Waals surface area contributed by atoms with Gasteiger partial charge < -0.3 is 10.1 Å². The van der Waals surface area contributed by atoms with E-state index in [1.807, 2.05) is 13.1 Å². The van der Waals surface area contributed by atoms with E-state index in [1.165, 1.54) is 16.7 Å². The van der Waals surface area contributed by atoms with Crippen LogP contribution in [0.3, 0.4) is 0 Å². The highest BCUT2D eigenvalue weighted by Crippen LogP contribution is 2.31. The van der Waals surface area contributed by atoms with Crippen molar-refractivity contribution in [2.24, 2.45) is 0 Å². The summed E-state index contributed by atoms with van der Waals surface area (Å²) < 4.78 is 5.39. The first kappa shape index (κ1) is 11.2. The van der Waals surface area contributed by atoms with Gasteiger partial charge in [0.25, 0.3) is 0 Å². The number of benzene rings is 1. The lowest BCUT2D eigenvalue weighted by atomic mass is 9.89. The Bertz CT molecular complexity index is 409. The topological polar surface area (TPSA) is 21.3 Å². The van der Waals surface area contributed by atoms with Gasteiger partial charge in [-0.15, -0.1) is 0 Å². The number of nitrogens with one attached hydrogen (secondary N) is 1. The van der Waals surface area contributed by atoms with Crippen molar-refractivity contribution in [3.8, 4) is 5.75 Å². The molecule has 1 aliphatic rings. The number of ether oxygens (including phenoxy) is 1. The first-order valence-electron chi connectivity index (χ1n) is 5.80. The monoisotopic (exact) mass is 217 g/mol. The zero-order valence-corrected chi connectivity index (χ0v) is 10.2. The second kappa shape index (κ2) is 4.71. The first-order chi connectivity index (χ1) is 7.76. The Morgan fingerprint density at radius 2 is 2.12 bits per heavy atom. The molecule has 0 amide bonds. The van der Waals surface area contributed by atoms with E-state index in [9.17, 15) is 0 Å². The van der Waals surface area contributed by atoms with E-state index in [1.54, 1.807) is 7.11 Å². The molecule has 0 saturated carbocycles. The van der Waals surface area contributed by atoms with Crippen LogP contribution in [0, 0.1) is 0 Å². The molecule has 0 aromatic heterocycles. The minimum atomic E-state index is 0.458. The molecule has 2 heteroatoms. The summed E-state index contributed by atoms with van der Waals surface area (Å²) in [5, 5.41) is 3.29. The van der Waals surface area contributed by atoms with Gasteiger partial charge in [0.1, 0.15) is 5.75 Å². The molecular formula is C14H19NO. The van der Waals surface area contributed by atoms with Gasteiger partial charge >= 0.3 is 0 Å². The predicted molar refractivity (Wildman–Crippen MR) is 67.8 cm³/mol. The van der Waals surface area contributed by atoms with Crippen molar-refractivity contribution in [1.29, 1.82) is 0 Å². The van der Waals surface area contributed by atoms with E-state index in [2.05, 4.69) is 30.4 Å². The van der Waals surface area contributed by atoms with Gasteiger partial charge in [-0.25, -0.2) is 0 Å². The van der Waals surface area contributed by atoms with Crippen LogP contribution in [-0.4, -0.2) is 20.2 Å². The van der Waals surface area contributed by atoms with Gasteiger partial charge in [0, 0.05) is 11.6 Å². The van der Waals surface area contributed by atoms with Crippen molar-refractivity contribution >= 4 is 6.08 Å². The molecule has 1 N–H and O–H groups in total. The number of likely N-dealkylation sites (N-methyl/N-ethyl adjacent to an activating group) is 1. The minimum Gasteiger partial charge on any atom is -0.496 e. The fraction of sp³-hybridized carbons (Fsp3) is 0.429. The third-order valence-corrected chi connectivity index (χ3v) is 3.38. The van der Waals surface area contributed by atoms with Gasteiger partial charge in [0.15, 0.2) is 0 Å². The lowest BCUT2D eigenvalue weighted by Gasteiger charge is -2.22. The molecular weight excluding hydrogens is 198 g/mol. The van der Waals surface area contributed by atoms with Crippen molar-refractivity contribution in [3.63, 3.8) is 0 Å². The van der Waals surface area contributed by atoms with Crippen molar-refractivity contribution < 1.29 is 4.74 Å². The van der Waals surface area contributed by atoms with Gasteiger partial charge in [-0.2, -0.15) is 0 Å². The van der Waals surface area contributed by atoms with Crippen molar-refractivity contribution in [1.82, 2.24) is 5.32 Å². The molecule has 0 heterocycles. The van der Waals surface area contributed by atoms with Crippen molar-refractivity contribution in [2.75, 3.05) is 14.2 Å². The molecule has 0 bridgehead atoms. The molecule has 0 saturated heterocycles. The number of hydrogen-bond donors (Lipinski definition) is 1. The average Bonchev–Trinajstić information content (AvgIpc) is 2.36. The maximum Gasteiger partial charge on any atom is 0.122 e. The van der Waals surface area contributed by atoms with Crippen molar-refractivity contribution in [2.45, 2.75) is 25.8 Å². The van der Waals surface area contributed by atoms with Crippen LogP contribution in [0.4, 0.5) is 0 Å². The van der Waals surface area contributed by atoms with Gasteiger partial charge in [0.2, 0.25) is 0 Å². The quantitative estimate of drug-likeness (QED) is 0.840. The highest BCUT2D eigenvalue weighted by molar-refractivity contribution is 5.63. The average molecular weight is 217 g/mol. The molecule has 1 aromatic carbocycles. The van der Waals surface area contributed by atoms with Crippen LogP contribution in [0.5, 0.6) is 5.75 Å². The zero-order chi connectivity index (χ0) is 11.5. The number of methoxy groups -OCH3 is 1. The number of rotatable bonds is 3. The van der Waals surface area contributed by atoms with Gasteiger partial charge in [-0.05, 0) is 38.4 Å². The smallest absolute Gasteiger partial charge is 0.122 e. The second-order valence-electron chi connectivity index (χ2n) is 4.26. The Balaban J connectivity index is 2.37. The van der Waals surface area contributed by atoms with E-state index in [0.717, 1.165) is 18.6 Å². The standard InChI is InChI=1S/C14H19NO/c1-10(15-2)11-7-8-13-12(9-11)5-4-6-14(13)16-3/h4-6,9-10,15H,7-8H2,1-3H3. The SMILES string of the molecule is CNC(C)C1=Cc2cccc(OC)c2CC1. The number of fused-ring (bicyclic) bond motifs is 1. The molecule has 1 unspecified atom stereocenters. The largest absolute Gasteiger partial charge is 0.496 e. The van der Waals surface area contributed by atoms with Crippen LogP contribution < -0.4 is 10.1 Å². The zero-order valence-electron chi connectivity index (χ0n) is 10.2. The lowest BCUT2D eigenvalue weighted by molar-refractivity contribution is 0.409. The molecule has 1 atom stereocenters. The Morgan fingerprint density at radius 3 is 2.81 bits per heavy atom. The van der Waals surface area contributed by atoms with Crippen LogP contribution in [0.25, 0.3) is 6.08 Å². The molecule has 86 valence electrons. The van der Waals surface area contributed by atoms with Gasteiger partial charge in [-0.3, -0.25) is 0 Å². The van der Waals surface area contributed by atoms with Crippen LogP contribution in [0.2, 0.25) is 0 Å². The Hall–Kier alpha value is -1.28. The molecule has 0 fully saturated rings. The fourth-order valence-electron chi connectivity index (χ4n) is 2.24. The Kier molecular flexibility index (Phi) is 3.30. The summed E-state index contributed by atoms with van der Waals surface area (Å²) >= 11 is 0. The van der Waals surface area contributed by atoms with E-state index in [-0.39, 0.29) is 0 Å². The predicted octanol–water partition coefficient (Wildman–Crippen LogP) is 2.63. The lowest BCUT2D eigenvalue weighted by Crippen LogP contribution is -2.25. The normalized spacial score (nSPS) is 16.3. The van der Waals surface area contributed by atoms with Gasteiger partial charge in [0.05, 0.1) is 7.11 Å². The van der Waals surface area contributed by atoms with E-state index < -0.39 is 0 Å². The van der Waals surface area contributed by atoms with E-state index >= 15 is 0 Å². The van der Waals surface area contributed by atoms with Crippen molar-refractivity contribution in [3.05, 3.63) is 34.9 Å². The van der Waals surface area contributed by atoms with Crippen LogP contribution in [0.15, 0.2) is 23.8 Å². The van der Waals surface area contributed by atoms with Gasteiger partial charge in [-0.1, -0.05) is 23.8 Å². The summed E-state index contributed by atoms with van der Waals surface area (Å²) in [6, 6.07) is 6.72. The number of hydrogen-bond acceptors (Lipinski definition) is 2.